The smallest absolute Gasteiger partial charge is 0.156 e. The molecule has 23 heavy (non-hydrogen) atoms. The maximum absolute atomic E-state index is 11.9. The molecule has 0 aliphatic heterocycles. The van der Waals surface area contributed by atoms with Crippen molar-refractivity contribution in [3.8, 4) is 11.8 Å². The van der Waals surface area contributed by atoms with Gasteiger partial charge in [0.1, 0.15) is 0 Å². The second-order valence-electron chi connectivity index (χ2n) is 5.98. The number of hydrogen-bond acceptors (Lipinski definition) is 1. The molecule has 1 unspecified atom stereocenters. The molecule has 0 fully saturated rings. The first-order valence-corrected chi connectivity index (χ1v) is 8.04. The second-order valence-corrected chi connectivity index (χ2v) is 6.42. The van der Waals surface area contributed by atoms with Crippen LogP contribution in [-0.4, -0.2) is 5.78 Å². The van der Waals surface area contributed by atoms with Crippen molar-refractivity contribution in [2.24, 2.45) is 5.41 Å². The number of hydrogen-bond donors (Lipinski definition) is 0. The van der Waals surface area contributed by atoms with Gasteiger partial charge in [-0.15, -0.1) is 0 Å². The van der Waals surface area contributed by atoms with Crippen LogP contribution < -0.4 is 0 Å². The Morgan fingerprint density at radius 1 is 1.04 bits per heavy atom. The van der Waals surface area contributed by atoms with Crippen molar-refractivity contribution in [3.05, 3.63) is 76.8 Å². The van der Waals surface area contributed by atoms with Crippen molar-refractivity contribution in [1.29, 1.82) is 0 Å². The van der Waals surface area contributed by atoms with Gasteiger partial charge in [-0.25, -0.2) is 0 Å². The molecule has 114 valence electrons. The topological polar surface area (TPSA) is 17.1 Å². The van der Waals surface area contributed by atoms with E-state index in [0.717, 1.165) is 23.1 Å². The summed E-state index contributed by atoms with van der Waals surface area (Å²) in [5.41, 5.74) is 2.68. The highest BCUT2D eigenvalue weighted by Gasteiger charge is 2.32. The first-order valence-electron chi connectivity index (χ1n) is 7.66. The molecule has 1 aliphatic carbocycles. The van der Waals surface area contributed by atoms with Crippen LogP contribution in [0, 0.1) is 17.3 Å². The lowest BCUT2D eigenvalue weighted by molar-refractivity contribution is -0.115. The average Bonchev–Trinajstić information content (AvgIpc) is 2.58. The average molecular weight is 321 g/mol. The van der Waals surface area contributed by atoms with Crippen molar-refractivity contribution < 1.29 is 4.79 Å². The number of halogens is 1. The van der Waals surface area contributed by atoms with E-state index in [1.165, 1.54) is 0 Å². The molecule has 0 aromatic heterocycles. The minimum Gasteiger partial charge on any atom is -0.295 e. The zero-order chi connectivity index (χ0) is 16.3. The first kappa shape index (κ1) is 15.6. The molecule has 3 rings (SSSR count). The number of benzene rings is 2. The quantitative estimate of drug-likeness (QED) is 0.664. The van der Waals surface area contributed by atoms with Crippen LogP contribution in [-0.2, 0) is 4.79 Å². The van der Waals surface area contributed by atoms with Crippen LogP contribution in [0.1, 0.15) is 30.9 Å². The summed E-state index contributed by atoms with van der Waals surface area (Å²) < 4.78 is 0. The van der Waals surface area contributed by atoms with E-state index >= 15 is 0 Å². The zero-order valence-electron chi connectivity index (χ0n) is 13.0. The van der Waals surface area contributed by atoms with E-state index in [1.807, 2.05) is 54.6 Å². The monoisotopic (exact) mass is 320 g/mol. The van der Waals surface area contributed by atoms with Gasteiger partial charge in [0.05, 0.1) is 5.41 Å². The molecule has 1 atom stereocenters. The maximum atomic E-state index is 11.9. The molecule has 0 heterocycles. The summed E-state index contributed by atoms with van der Waals surface area (Å²) in [6, 6.07) is 17.5. The van der Waals surface area contributed by atoms with E-state index < -0.39 is 0 Å². The van der Waals surface area contributed by atoms with Crippen LogP contribution in [0.3, 0.4) is 0 Å². The van der Waals surface area contributed by atoms with Gasteiger partial charge in [-0.05, 0) is 54.8 Å². The van der Waals surface area contributed by atoms with E-state index in [2.05, 4.69) is 18.8 Å². The van der Waals surface area contributed by atoms with Gasteiger partial charge in [0.15, 0.2) is 5.78 Å². The minimum absolute atomic E-state index is 0.176. The third-order valence-electron chi connectivity index (χ3n) is 4.18. The Balaban J connectivity index is 2.00. The van der Waals surface area contributed by atoms with Gasteiger partial charge in [-0.1, -0.05) is 53.8 Å². The van der Waals surface area contributed by atoms with E-state index in [0.29, 0.717) is 11.4 Å². The van der Waals surface area contributed by atoms with Crippen LogP contribution in [0.25, 0.3) is 5.57 Å². The predicted molar refractivity (Wildman–Crippen MR) is 95.1 cm³/mol. The number of allylic oxidation sites excluding steroid dienone is 2. The van der Waals surface area contributed by atoms with Crippen LogP contribution in [0.2, 0.25) is 5.02 Å². The third-order valence-corrected chi connectivity index (χ3v) is 4.43. The Labute approximate surface area is 142 Å². The predicted octanol–water partition coefficient (Wildman–Crippen LogP) is 5.14. The summed E-state index contributed by atoms with van der Waals surface area (Å²) in [4.78, 5) is 11.9. The largest absolute Gasteiger partial charge is 0.295 e. The Kier molecular flexibility index (Phi) is 4.37. The fraction of sp³-hybridized carbons (Fsp3) is 0.190. The van der Waals surface area contributed by atoms with Crippen LogP contribution in [0.4, 0.5) is 0 Å². The fourth-order valence-electron chi connectivity index (χ4n) is 2.79. The van der Waals surface area contributed by atoms with E-state index in [1.54, 1.807) is 6.08 Å². The highest BCUT2D eigenvalue weighted by atomic mass is 35.5. The van der Waals surface area contributed by atoms with Gasteiger partial charge in [-0.2, -0.15) is 0 Å². The highest BCUT2D eigenvalue weighted by Crippen LogP contribution is 2.41. The van der Waals surface area contributed by atoms with Crippen molar-refractivity contribution in [2.45, 2.75) is 19.8 Å². The van der Waals surface area contributed by atoms with Gasteiger partial charge < -0.3 is 0 Å². The van der Waals surface area contributed by atoms with Crippen molar-refractivity contribution in [3.63, 3.8) is 0 Å². The third kappa shape index (κ3) is 3.55. The lowest BCUT2D eigenvalue weighted by Crippen LogP contribution is -2.23. The summed E-state index contributed by atoms with van der Waals surface area (Å²) in [5, 5.41) is 0.704. The summed E-state index contributed by atoms with van der Waals surface area (Å²) in [7, 11) is 0. The standard InChI is InChI=1S/C21H17ClO/c1-21(13-11-16-7-9-18(22)10-8-16)14-12-19(23)15-20(21)17-5-3-2-4-6-17/h2-10,15H,12,14H2,1H3. The molecule has 2 aromatic rings. The molecule has 0 spiro atoms. The van der Waals surface area contributed by atoms with Crippen molar-refractivity contribution in [1.82, 2.24) is 0 Å². The normalized spacial score (nSPS) is 20.4. The lowest BCUT2D eigenvalue weighted by atomic mass is 9.71. The van der Waals surface area contributed by atoms with Gasteiger partial charge in [-0.3, -0.25) is 4.79 Å². The molecule has 2 heteroatoms. The molecule has 0 radical (unpaired) electrons. The van der Waals surface area contributed by atoms with Gasteiger partial charge in [0.25, 0.3) is 0 Å². The number of carbonyl (C=O) groups excluding carboxylic acids is 1. The minimum atomic E-state index is -0.325. The van der Waals surface area contributed by atoms with Crippen molar-refractivity contribution in [2.75, 3.05) is 0 Å². The van der Waals surface area contributed by atoms with Gasteiger partial charge >= 0.3 is 0 Å². The molecule has 0 N–H and O–H groups in total. The molecule has 0 saturated carbocycles. The Bertz CT molecular complexity index is 806. The van der Waals surface area contributed by atoms with Crippen LogP contribution >= 0.6 is 11.6 Å². The summed E-state index contributed by atoms with van der Waals surface area (Å²) >= 11 is 5.91. The SMILES string of the molecule is CC1(C#Cc2ccc(Cl)cc2)CCC(=O)C=C1c1ccccc1. The molecule has 0 saturated heterocycles. The van der Waals surface area contributed by atoms with Crippen LogP contribution in [0.15, 0.2) is 60.7 Å². The Morgan fingerprint density at radius 2 is 1.74 bits per heavy atom. The summed E-state index contributed by atoms with van der Waals surface area (Å²) in [6.07, 6.45) is 3.05. The van der Waals surface area contributed by atoms with E-state index in [-0.39, 0.29) is 11.2 Å². The van der Waals surface area contributed by atoms with Gasteiger partial charge in [0.2, 0.25) is 0 Å². The zero-order valence-corrected chi connectivity index (χ0v) is 13.7. The fourth-order valence-corrected chi connectivity index (χ4v) is 2.92. The van der Waals surface area contributed by atoms with Crippen LogP contribution in [0.5, 0.6) is 0 Å². The summed E-state index contributed by atoms with van der Waals surface area (Å²) in [6.45, 7) is 2.11. The molecular weight excluding hydrogens is 304 g/mol. The molecule has 1 nitrogen and oxygen atoms in total. The molecular formula is C21H17ClO. The molecule has 2 aromatic carbocycles. The number of rotatable bonds is 1. The van der Waals surface area contributed by atoms with Crippen molar-refractivity contribution >= 4 is 23.0 Å². The lowest BCUT2D eigenvalue weighted by Gasteiger charge is -2.30. The number of ketones is 1. The number of carbonyl (C=O) groups is 1. The summed E-state index contributed by atoms with van der Waals surface area (Å²) in [5.74, 6) is 6.80. The highest BCUT2D eigenvalue weighted by molar-refractivity contribution is 6.30. The maximum Gasteiger partial charge on any atom is 0.156 e. The first-order chi connectivity index (χ1) is 11.1. The van der Waals surface area contributed by atoms with Gasteiger partial charge in [0, 0.05) is 17.0 Å². The molecule has 0 bridgehead atoms. The Morgan fingerprint density at radius 3 is 2.43 bits per heavy atom. The van der Waals surface area contributed by atoms with E-state index in [4.69, 9.17) is 11.6 Å². The second kappa shape index (κ2) is 6.44. The van der Waals surface area contributed by atoms with E-state index in [9.17, 15) is 4.79 Å². The Hall–Kier alpha value is -2.30. The molecule has 0 amide bonds. The molecule has 1 aliphatic rings.